The van der Waals surface area contributed by atoms with E-state index in [1.807, 2.05) is 43.3 Å². The summed E-state index contributed by atoms with van der Waals surface area (Å²) < 4.78 is 0. The van der Waals surface area contributed by atoms with Crippen molar-refractivity contribution in [3.05, 3.63) is 54.8 Å². The summed E-state index contributed by atoms with van der Waals surface area (Å²) in [5.74, 6) is 0. The molecule has 0 aromatic heterocycles. The maximum Gasteiger partial charge on any atom is 0.0808 e. The van der Waals surface area contributed by atoms with Crippen molar-refractivity contribution in [2.45, 2.75) is 6.92 Å². The topological polar surface area (TPSA) is 24.7 Å². The maximum absolute atomic E-state index is 4.29. The van der Waals surface area contributed by atoms with E-state index in [-0.39, 0.29) is 0 Å². The Hall–Kier alpha value is -1.96. The Kier molecular flexibility index (Phi) is 4.81. The van der Waals surface area contributed by atoms with Crippen molar-refractivity contribution in [1.29, 1.82) is 0 Å². The molecule has 2 heteroatoms. The number of hydrogen-bond acceptors (Lipinski definition) is 2. The zero-order valence-corrected chi connectivity index (χ0v) is 8.80. The number of allylic oxidation sites excluding steroid dienone is 3. The van der Waals surface area contributed by atoms with Gasteiger partial charge >= 0.3 is 0 Å². The molecule has 0 radical (unpaired) electrons. The first-order chi connectivity index (χ1) is 7.36. The standard InChI is InChI=1S/C13H14N2/c1-3-8-13(14-4-2)11-15-12-9-6-5-7-10-12/h3-11H,1H2,2H3/b13-8-,14-4?,15-11?. The molecule has 1 aromatic carbocycles. The van der Waals surface area contributed by atoms with E-state index in [0.717, 1.165) is 11.4 Å². The monoisotopic (exact) mass is 198 g/mol. The SMILES string of the molecule is C=C/C=C(/C=Nc1ccccc1)N=CC. The highest BCUT2D eigenvalue weighted by Gasteiger charge is 1.87. The maximum atomic E-state index is 4.29. The summed E-state index contributed by atoms with van der Waals surface area (Å²) in [6, 6.07) is 9.75. The lowest BCUT2D eigenvalue weighted by atomic mass is 10.3. The summed E-state index contributed by atoms with van der Waals surface area (Å²) in [7, 11) is 0. The van der Waals surface area contributed by atoms with Crippen molar-refractivity contribution in [2.24, 2.45) is 9.98 Å². The van der Waals surface area contributed by atoms with Crippen molar-refractivity contribution in [3.63, 3.8) is 0 Å². The van der Waals surface area contributed by atoms with E-state index in [1.165, 1.54) is 0 Å². The van der Waals surface area contributed by atoms with Crippen molar-refractivity contribution in [3.8, 4) is 0 Å². The Morgan fingerprint density at radius 3 is 2.60 bits per heavy atom. The molecule has 0 saturated heterocycles. The largest absolute Gasteiger partial charge is 0.260 e. The minimum atomic E-state index is 0.788. The number of aliphatic imine (C=N–C) groups is 2. The van der Waals surface area contributed by atoms with Gasteiger partial charge in [-0.3, -0.25) is 9.98 Å². The van der Waals surface area contributed by atoms with Crippen LogP contribution in [-0.2, 0) is 0 Å². The predicted molar refractivity (Wildman–Crippen MR) is 67.0 cm³/mol. The van der Waals surface area contributed by atoms with E-state index in [0.29, 0.717) is 0 Å². The third kappa shape index (κ3) is 4.18. The van der Waals surface area contributed by atoms with Gasteiger partial charge in [-0.2, -0.15) is 0 Å². The lowest BCUT2D eigenvalue weighted by Crippen LogP contribution is -1.79. The molecule has 0 unspecified atom stereocenters. The fourth-order valence-electron chi connectivity index (χ4n) is 1.04. The van der Waals surface area contributed by atoms with Gasteiger partial charge in [-0.1, -0.05) is 30.9 Å². The van der Waals surface area contributed by atoms with Crippen molar-refractivity contribution >= 4 is 18.1 Å². The Bertz CT molecular complexity index is 386. The summed E-state index contributed by atoms with van der Waals surface area (Å²) in [6.45, 7) is 5.49. The fraction of sp³-hybridized carbons (Fsp3) is 0.0769. The van der Waals surface area contributed by atoms with Gasteiger partial charge in [0.25, 0.3) is 0 Å². The van der Waals surface area contributed by atoms with E-state index < -0.39 is 0 Å². The molecule has 0 spiro atoms. The Morgan fingerprint density at radius 1 is 1.27 bits per heavy atom. The molecule has 0 amide bonds. The van der Waals surface area contributed by atoms with Gasteiger partial charge in [0.1, 0.15) is 0 Å². The fourth-order valence-corrected chi connectivity index (χ4v) is 1.04. The molecule has 1 aromatic rings. The van der Waals surface area contributed by atoms with Crippen LogP contribution in [0, 0.1) is 0 Å². The molecular weight excluding hydrogens is 184 g/mol. The molecule has 0 bridgehead atoms. The molecule has 1 rings (SSSR count). The quantitative estimate of drug-likeness (QED) is 0.522. The molecule has 0 atom stereocenters. The van der Waals surface area contributed by atoms with Crippen LogP contribution in [0.4, 0.5) is 5.69 Å². The number of rotatable bonds is 4. The third-order valence-electron chi connectivity index (χ3n) is 1.67. The predicted octanol–water partition coefficient (Wildman–Crippen LogP) is 3.55. The second-order valence-electron chi connectivity index (χ2n) is 2.81. The van der Waals surface area contributed by atoms with Gasteiger partial charge in [-0.05, 0) is 25.1 Å². The lowest BCUT2D eigenvalue weighted by molar-refractivity contribution is 1.45. The van der Waals surface area contributed by atoms with Gasteiger partial charge in [0.2, 0.25) is 0 Å². The molecule has 15 heavy (non-hydrogen) atoms. The Balaban J connectivity index is 2.79. The normalized spacial score (nSPS) is 12.5. The summed E-state index contributed by atoms with van der Waals surface area (Å²) >= 11 is 0. The zero-order valence-electron chi connectivity index (χ0n) is 8.80. The van der Waals surface area contributed by atoms with E-state index >= 15 is 0 Å². The number of benzene rings is 1. The van der Waals surface area contributed by atoms with Crippen LogP contribution in [0.25, 0.3) is 0 Å². The molecule has 0 aliphatic rings. The number of para-hydroxylation sites is 1. The zero-order chi connectivity index (χ0) is 10.9. The number of hydrogen-bond donors (Lipinski definition) is 0. The molecule has 0 fully saturated rings. The highest BCUT2D eigenvalue weighted by atomic mass is 14.8. The molecule has 0 saturated carbocycles. The summed E-state index contributed by atoms with van der Waals surface area (Å²) in [6.07, 6.45) is 6.95. The molecule has 0 heterocycles. The first-order valence-corrected chi connectivity index (χ1v) is 4.77. The van der Waals surface area contributed by atoms with E-state index in [4.69, 9.17) is 0 Å². The van der Waals surface area contributed by atoms with E-state index in [9.17, 15) is 0 Å². The molecular formula is C13H14N2. The van der Waals surface area contributed by atoms with Crippen LogP contribution >= 0.6 is 0 Å². The van der Waals surface area contributed by atoms with Crippen LogP contribution < -0.4 is 0 Å². The third-order valence-corrected chi connectivity index (χ3v) is 1.67. The minimum Gasteiger partial charge on any atom is -0.260 e. The molecule has 2 nitrogen and oxygen atoms in total. The van der Waals surface area contributed by atoms with Crippen LogP contribution in [0.15, 0.2) is 64.7 Å². The van der Waals surface area contributed by atoms with Crippen molar-refractivity contribution < 1.29 is 0 Å². The van der Waals surface area contributed by atoms with Crippen LogP contribution in [0.3, 0.4) is 0 Å². The average molecular weight is 198 g/mol. The highest BCUT2D eigenvalue weighted by Crippen LogP contribution is 2.09. The Labute approximate surface area is 90.4 Å². The van der Waals surface area contributed by atoms with Gasteiger partial charge in [-0.25, -0.2) is 0 Å². The minimum absolute atomic E-state index is 0.788. The first kappa shape index (κ1) is 11.1. The van der Waals surface area contributed by atoms with Gasteiger partial charge in [0.05, 0.1) is 17.6 Å². The van der Waals surface area contributed by atoms with Gasteiger partial charge < -0.3 is 0 Å². The Morgan fingerprint density at radius 2 is 2.00 bits per heavy atom. The lowest BCUT2D eigenvalue weighted by Gasteiger charge is -1.92. The van der Waals surface area contributed by atoms with Crippen molar-refractivity contribution in [2.75, 3.05) is 0 Å². The van der Waals surface area contributed by atoms with Gasteiger partial charge in [-0.15, -0.1) is 0 Å². The van der Waals surface area contributed by atoms with E-state index in [2.05, 4.69) is 16.6 Å². The summed E-state index contributed by atoms with van der Waals surface area (Å²) in [5, 5.41) is 0. The van der Waals surface area contributed by atoms with Crippen LogP contribution in [0.1, 0.15) is 6.92 Å². The second-order valence-corrected chi connectivity index (χ2v) is 2.81. The van der Waals surface area contributed by atoms with Crippen LogP contribution in [0.5, 0.6) is 0 Å². The number of nitrogens with zero attached hydrogens (tertiary/aromatic N) is 2. The molecule has 0 aliphatic carbocycles. The summed E-state index contributed by atoms with van der Waals surface area (Å²) in [4.78, 5) is 8.43. The average Bonchev–Trinajstić information content (AvgIpc) is 2.28. The first-order valence-electron chi connectivity index (χ1n) is 4.77. The van der Waals surface area contributed by atoms with Gasteiger partial charge in [0, 0.05) is 6.21 Å². The van der Waals surface area contributed by atoms with E-state index in [1.54, 1.807) is 18.5 Å². The van der Waals surface area contributed by atoms with Crippen LogP contribution in [-0.4, -0.2) is 12.4 Å². The molecule has 0 aliphatic heterocycles. The molecule has 0 N–H and O–H groups in total. The smallest absolute Gasteiger partial charge is 0.0808 e. The summed E-state index contributed by atoms with van der Waals surface area (Å²) in [5.41, 5.74) is 1.70. The van der Waals surface area contributed by atoms with Crippen molar-refractivity contribution in [1.82, 2.24) is 0 Å². The van der Waals surface area contributed by atoms with Gasteiger partial charge in [0.15, 0.2) is 0 Å². The second kappa shape index (κ2) is 6.49. The van der Waals surface area contributed by atoms with Crippen LogP contribution in [0.2, 0.25) is 0 Å². The highest BCUT2D eigenvalue weighted by molar-refractivity contribution is 5.83. The molecule has 76 valence electrons.